The number of anilines is 1. The van der Waals surface area contributed by atoms with Gasteiger partial charge in [0.25, 0.3) is 5.91 Å². The Bertz CT molecular complexity index is 824. The van der Waals surface area contributed by atoms with Gasteiger partial charge in [0, 0.05) is 16.1 Å². The summed E-state index contributed by atoms with van der Waals surface area (Å²) in [6.07, 6.45) is 1.49. The third-order valence-corrected chi connectivity index (χ3v) is 3.72. The van der Waals surface area contributed by atoms with Gasteiger partial charge in [-0.25, -0.2) is 9.18 Å². The molecule has 0 radical (unpaired) electrons. The van der Waals surface area contributed by atoms with Crippen molar-refractivity contribution in [2.24, 2.45) is 0 Å². The van der Waals surface area contributed by atoms with Gasteiger partial charge in [-0.05, 0) is 42.8 Å². The van der Waals surface area contributed by atoms with Crippen LogP contribution in [0.15, 0.2) is 48.5 Å². The fourth-order valence-corrected chi connectivity index (χ4v) is 2.33. The summed E-state index contributed by atoms with van der Waals surface area (Å²) in [5.41, 5.74) is 0.588. The van der Waals surface area contributed by atoms with Gasteiger partial charge >= 0.3 is 5.97 Å². The summed E-state index contributed by atoms with van der Waals surface area (Å²) in [6, 6.07) is 10.5. The number of rotatable bonds is 5. The quantitative estimate of drug-likeness (QED) is 0.602. The molecular formula is C18H14Cl2FNO3. The molecule has 2 aromatic carbocycles. The van der Waals surface area contributed by atoms with Crippen LogP contribution in [0, 0.1) is 5.82 Å². The van der Waals surface area contributed by atoms with E-state index in [1.54, 1.807) is 24.3 Å². The molecule has 0 fully saturated rings. The summed E-state index contributed by atoms with van der Waals surface area (Å²) in [7, 11) is 0. The van der Waals surface area contributed by atoms with Crippen molar-refractivity contribution >= 4 is 46.8 Å². The number of para-hydroxylation sites is 1. The molecule has 0 heterocycles. The van der Waals surface area contributed by atoms with E-state index >= 15 is 0 Å². The first-order valence-corrected chi connectivity index (χ1v) is 8.01. The molecule has 2 rings (SSSR count). The van der Waals surface area contributed by atoms with Gasteiger partial charge in [0.05, 0.1) is 5.69 Å². The maximum absolute atomic E-state index is 13.5. The molecule has 2 aromatic rings. The van der Waals surface area contributed by atoms with Crippen molar-refractivity contribution < 1.29 is 18.7 Å². The Morgan fingerprint density at radius 1 is 1.20 bits per heavy atom. The lowest BCUT2D eigenvalue weighted by atomic mass is 10.2. The van der Waals surface area contributed by atoms with Crippen LogP contribution >= 0.6 is 23.2 Å². The van der Waals surface area contributed by atoms with Crippen LogP contribution in [0.5, 0.6) is 0 Å². The normalized spacial score (nSPS) is 12.0. The molecule has 0 aliphatic heterocycles. The second kappa shape index (κ2) is 8.65. The number of carbonyl (C=O) groups excluding carboxylic acids is 2. The van der Waals surface area contributed by atoms with Crippen LogP contribution in [0.1, 0.15) is 12.5 Å². The van der Waals surface area contributed by atoms with Gasteiger partial charge in [-0.15, -0.1) is 0 Å². The minimum atomic E-state index is -1.10. The predicted octanol–water partition coefficient (Wildman–Crippen LogP) is 4.72. The molecule has 130 valence electrons. The highest BCUT2D eigenvalue weighted by molar-refractivity contribution is 6.35. The van der Waals surface area contributed by atoms with E-state index in [0.717, 1.165) is 6.08 Å². The lowest BCUT2D eigenvalue weighted by Gasteiger charge is -2.12. The smallest absolute Gasteiger partial charge is 0.331 e. The van der Waals surface area contributed by atoms with E-state index in [1.165, 1.54) is 31.2 Å². The Morgan fingerprint density at radius 2 is 1.92 bits per heavy atom. The monoisotopic (exact) mass is 381 g/mol. The van der Waals surface area contributed by atoms with E-state index in [0.29, 0.717) is 15.6 Å². The van der Waals surface area contributed by atoms with Gasteiger partial charge in [0.2, 0.25) is 0 Å². The molecule has 25 heavy (non-hydrogen) atoms. The van der Waals surface area contributed by atoms with Gasteiger partial charge in [-0.1, -0.05) is 41.4 Å². The molecule has 4 nitrogen and oxygen atoms in total. The lowest BCUT2D eigenvalue weighted by molar-refractivity contribution is -0.148. The van der Waals surface area contributed by atoms with E-state index in [-0.39, 0.29) is 5.69 Å². The SMILES string of the molecule is C[C@H](OC(=O)/C=C/c1ccc(Cl)cc1Cl)C(=O)Nc1ccccc1F. The second-order valence-corrected chi connectivity index (χ2v) is 5.89. The van der Waals surface area contributed by atoms with Crippen molar-refractivity contribution in [1.29, 1.82) is 0 Å². The molecule has 0 saturated heterocycles. The number of hydrogen-bond donors (Lipinski definition) is 1. The second-order valence-electron chi connectivity index (χ2n) is 5.05. The predicted molar refractivity (Wildman–Crippen MR) is 96.1 cm³/mol. The maximum Gasteiger partial charge on any atom is 0.331 e. The zero-order valence-corrected chi connectivity index (χ0v) is 14.6. The lowest BCUT2D eigenvalue weighted by Crippen LogP contribution is -2.29. The first-order chi connectivity index (χ1) is 11.9. The summed E-state index contributed by atoms with van der Waals surface area (Å²) in [5, 5.41) is 3.21. The van der Waals surface area contributed by atoms with Crippen molar-refractivity contribution in [1.82, 2.24) is 0 Å². The van der Waals surface area contributed by atoms with E-state index in [2.05, 4.69) is 5.32 Å². The summed E-state index contributed by atoms with van der Waals surface area (Å²) in [6.45, 7) is 1.39. The minimum Gasteiger partial charge on any atom is -0.449 e. The first-order valence-electron chi connectivity index (χ1n) is 7.26. The Kier molecular flexibility index (Phi) is 6.56. The molecule has 0 spiro atoms. The molecule has 1 N–H and O–H groups in total. The molecule has 7 heteroatoms. The molecule has 0 bridgehead atoms. The van der Waals surface area contributed by atoms with Crippen molar-refractivity contribution in [2.75, 3.05) is 5.32 Å². The van der Waals surface area contributed by atoms with Crippen LogP contribution in [-0.4, -0.2) is 18.0 Å². The average molecular weight is 382 g/mol. The number of hydrogen-bond acceptors (Lipinski definition) is 3. The third kappa shape index (κ3) is 5.59. The highest BCUT2D eigenvalue weighted by atomic mass is 35.5. The number of benzene rings is 2. The fraction of sp³-hybridized carbons (Fsp3) is 0.111. The number of halogens is 3. The number of amides is 1. The molecule has 1 atom stereocenters. The van der Waals surface area contributed by atoms with Crippen molar-refractivity contribution in [3.63, 3.8) is 0 Å². The number of carbonyl (C=O) groups is 2. The summed E-state index contributed by atoms with van der Waals surface area (Å²) < 4.78 is 18.5. The molecule has 0 saturated carbocycles. The topological polar surface area (TPSA) is 55.4 Å². The van der Waals surface area contributed by atoms with Crippen molar-refractivity contribution in [2.45, 2.75) is 13.0 Å². The Balaban J connectivity index is 1.94. The Labute approximate surface area is 154 Å². The molecule has 0 aliphatic rings. The van der Waals surface area contributed by atoms with E-state index in [1.807, 2.05) is 0 Å². The number of esters is 1. The average Bonchev–Trinajstić information content (AvgIpc) is 2.56. The Morgan fingerprint density at radius 3 is 2.60 bits per heavy atom. The number of ether oxygens (including phenoxy) is 1. The Hall–Kier alpha value is -2.37. The molecular weight excluding hydrogens is 368 g/mol. The van der Waals surface area contributed by atoms with Gasteiger partial charge in [0.1, 0.15) is 5.82 Å². The van der Waals surface area contributed by atoms with Crippen LogP contribution in [0.2, 0.25) is 10.0 Å². The van der Waals surface area contributed by atoms with Gasteiger partial charge < -0.3 is 10.1 Å². The largest absolute Gasteiger partial charge is 0.449 e. The summed E-state index contributed by atoms with van der Waals surface area (Å²) in [5.74, 6) is -1.95. The summed E-state index contributed by atoms with van der Waals surface area (Å²) >= 11 is 11.8. The fourth-order valence-electron chi connectivity index (χ4n) is 1.86. The first kappa shape index (κ1) is 19.0. The van der Waals surface area contributed by atoms with Crippen molar-refractivity contribution in [3.8, 4) is 0 Å². The minimum absolute atomic E-state index is 0.0129. The van der Waals surface area contributed by atoms with Gasteiger partial charge in [0.15, 0.2) is 6.10 Å². The standard InChI is InChI=1S/C18H14Cl2FNO3/c1-11(18(24)22-16-5-3-2-4-15(16)21)25-17(23)9-7-12-6-8-13(19)10-14(12)20/h2-11H,1H3,(H,22,24)/b9-7+/t11-/m0/s1. The molecule has 1 amide bonds. The molecule has 0 aromatic heterocycles. The van der Waals surface area contributed by atoms with Crippen LogP contribution in [0.25, 0.3) is 6.08 Å². The zero-order valence-electron chi connectivity index (χ0n) is 13.1. The maximum atomic E-state index is 13.5. The number of nitrogens with one attached hydrogen (secondary N) is 1. The summed E-state index contributed by atoms with van der Waals surface area (Å²) in [4.78, 5) is 23.7. The molecule has 0 unspecified atom stereocenters. The van der Waals surface area contributed by atoms with Gasteiger partial charge in [-0.3, -0.25) is 4.79 Å². The van der Waals surface area contributed by atoms with E-state index < -0.39 is 23.8 Å². The third-order valence-electron chi connectivity index (χ3n) is 3.16. The van der Waals surface area contributed by atoms with Crippen LogP contribution < -0.4 is 5.32 Å². The van der Waals surface area contributed by atoms with Crippen LogP contribution in [0.3, 0.4) is 0 Å². The van der Waals surface area contributed by atoms with Crippen LogP contribution in [-0.2, 0) is 14.3 Å². The van der Waals surface area contributed by atoms with Crippen molar-refractivity contribution in [3.05, 3.63) is 70.0 Å². The van der Waals surface area contributed by atoms with E-state index in [4.69, 9.17) is 27.9 Å². The van der Waals surface area contributed by atoms with E-state index in [9.17, 15) is 14.0 Å². The highest BCUT2D eigenvalue weighted by Crippen LogP contribution is 2.22. The van der Waals surface area contributed by atoms with Crippen LogP contribution in [0.4, 0.5) is 10.1 Å². The zero-order chi connectivity index (χ0) is 18.4. The molecule has 0 aliphatic carbocycles. The van der Waals surface area contributed by atoms with Gasteiger partial charge in [-0.2, -0.15) is 0 Å². The highest BCUT2D eigenvalue weighted by Gasteiger charge is 2.17.